The largest absolute Gasteiger partial charge is 0.441 e. The molecule has 0 fully saturated rings. The maximum atomic E-state index is 5.50. The van der Waals surface area contributed by atoms with E-state index in [-0.39, 0.29) is 0 Å². The highest BCUT2D eigenvalue weighted by Crippen LogP contribution is 2.19. The van der Waals surface area contributed by atoms with Crippen molar-refractivity contribution in [2.24, 2.45) is 0 Å². The summed E-state index contributed by atoms with van der Waals surface area (Å²) in [6.45, 7) is 2.78. The minimum absolute atomic E-state index is 0.716. The summed E-state index contributed by atoms with van der Waals surface area (Å²) >= 11 is 0. The molecular formula is C17H18N2O. The molecule has 0 spiro atoms. The van der Waals surface area contributed by atoms with E-state index in [0.29, 0.717) is 5.89 Å². The van der Waals surface area contributed by atoms with Crippen LogP contribution in [0.25, 0.3) is 11.1 Å². The van der Waals surface area contributed by atoms with Crippen LogP contribution in [0.3, 0.4) is 0 Å². The molecule has 2 aromatic carbocycles. The van der Waals surface area contributed by atoms with Gasteiger partial charge in [0.15, 0.2) is 11.5 Å². The zero-order valence-electron chi connectivity index (χ0n) is 11.8. The van der Waals surface area contributed by atoms with Crippen molar-refractivity contribution in [1.82, 2.24) is 10.3 Å². The molecule has 3 nitrogen and oxygen atoms in total. The van der Waals surface area contributed by atoms with Gasteiger partial charge in [-0.15, -0.1) is 0 Å². The minimum Gasteiger partial charge on any atom is -0.441 e. The van der Waals surface area contributed by atoms with Crippen molar-refractivity contribution in [3.63, 3.8) is 0 Å². The van der Waals surface area contributed by atoms with E-state index in [9.17, 15) is 0 Å². The van der Waals surface area contributed by atoms with Crippen molar-refractivity contribution in [2.75, 3.05) is 7.05 Å². The molecule has 1 heterocycles. The highest BCUT2D eigenvalue weighted by Gasteiger charge is 2.04. The van der Waals surface area contributed by atoms with Gasteiger partial charge in [-0.25, -0.2) is 4.98 Å². The van der Waals surface area contributed by atoms with Crippen molar-refractivity contribution < 1.29 is 4.42 Å². The Balaban J connectivity index is 1.81. The van der Waals surface area contributed by atoms with Crippen LogP contribution < -0.4 is 5.32 Å². The number of oxazole rings is 1. The lowest BCUT2D eigenvalue weighted by Crippen LogP contribution is -2.04. The number of fused-ring (bicyclic) bond motifs is 1. The Morgan fingerprint density at radius 2 is 1.70 bits per heavy atom. The number of nitrogens with one attached hydrogen (secondary N) is 1. The zero-order valence-corrected chi connectivity index (χ0v) is 11.8. The lowest BCUT2D eigenvalue weighted by molar-refractivity contribution is 0.561. The molecule has 1 aromatic heterocycles. The fourth-order valence-corrected chi connectivity index (χ4v) is 2.41. The van der Waals surface area contributed by atoms with Gasteiger partial charge in [0.25, 0.3) is 0 Å². The maximum Gasteiger partial charge on any atom is 0.192 e. The monoisotopic (exact) mass is 266 g/mol. The molecular weight excluding hydrogens is 248 g/mol. The van der Waals surface area contributed by atoms with E-state index >= 15 is 0 Å². The predicted octanol–water partition coefficient (Wildman–Crippen LogP) is 3.45. The molecule has 0 amide bonds. The molecule has 0 aliphatic heterocycles. The normalized spacial score (nSPS) is 11.1. The first-order valence-corrected chi connectivity index (χ1v) is 6.83. The summed E-state index contributed by atoms with van der Waals surface area (Å²) in [4.78, 5) is 4.38. The standard InChI is InChI=1S/C17H18N2O/c1-12-19-16-10-15(7-8-17(16)20-12)9-13-3-5-14(6-4-13)11-18-2/h3-8,10,18H,9,11H2,1-2H3. The molecule has 3 rings (SSSR count). The fraction of sp³-hybridized carbons (Fsp3) is 0.235. The Morgan fingerprint density at radius 1 is 1.00 bits per heavy atom. The van der Waals surface area contributed by atoms with E-state index in [1.807, 2.05) is 20.0 Å². The van der Waals surface area contributed by atoms with Crippen LogP contribution in [0.2, 0.25) is 0 Å². The van der Waals surface area contributed by atoms with Gasteiger partial charge in [-0.3, -0.25) is 0 Å². The van der Waals surface area contributed by atoms with Gasteiger partial charge in [0.2, 0.25) is 0 Å². The third kappa shape index (κ3) is 2.73. The van der Waals surface area contributed by atoms with Crippen molar-refractivity contribution in [3.8, 4) is 0 Å². The average Bonchev–Trinajstić information content (AvgIpc) is 2.81. The molecule has 3 aromatic rings. The van der Waals surface area contributed by atoms with Crippen molar-refractivity contribution in [3.05, 3.63) is 65.0 Å². The van der Waals surface area contributed by atoms with E-state index in [0.717, 1.165) is 24.1 Å². The van der Waals surface area contributed by atoms with E-state index < -0.39 is 0 Å². The summed E-state index contributed by atoms with van der Waals surface area (Å²) in [5.41, 5.74) is 5.66. The Labute approximate surface area is 118 Å². The highest BCUT2D eigenvalue weighted by molar-refractivity contribution is 5.73. The van der Waals surface area contributed by atoms with Crippen LogP contribution in [0.1, 0.15) is 22.6 Å². The molecule has 0 saturated heterocycles. The van der Waals surface area contributed by atoms with Crippen LogP contribution >= 0.6 is 0 Å². The number of aromatic nitrogens is 1. The fourth-order valence-electron chi connectivity index (χ4n) is 2.41. The van der Waals surface area contributed by atoms with Crippen LogP contribution in [-0.4, -0.2) is 12.0 Å². The smallest absolute Gasteiger partial charge is 0.192 e. The Kier molecular flexibility index (Phi) is 3.52. The first-order chi connectivity index (χ1) is 9.74. The minimum atomic E-state index is 0.716. The maximum absolute atomic E-state index is 5.50. The van der Waals surface area contributed by atoms with Crippen LogP contribution in [0.4, 0.5) is 0 Å². The van der Waals surface area contributed by atoms with Gasteiger partial charge < -0.3 is 9.73 Å². The van der Waals surface area contributed by atoms with E-state index in [1.165, 1.54) is 16.7 Å². The number of hydrogen-bond donors (Lipinski definition) is 1. The quantitative estimate of drug-likeness (QED) is 0.786. The number of hydrogen-bond acceptors (Lipinski definition) is 3. The van der Waals surface area contributed by atoms with Gasteiger partial charge in [-0.05, 0) is 42.3 Å². The second kappa shape index (κ2) is 5.47. The first-order valence-electron chi connectivity index (χ1n) is 6.83. The molecule has 0 radical (unpaired) electrons. The first kappa shape index (κ1) is 12.9. The number of aryl methyl sites for hydroxylation is 1. The highest BCUT2D eigenvalue weighted by atomic mass is 16.3. The third-order valence-electron chi connectivity index (χ3n) is 3.37. The van der Waals surface area contributed by atoms with Crippen molar-refractivity contribution >= 4 is 11.1 Å². The van der Waals surface area contributed by atoms with Gasteiger partial charge in [0.05, 0.1) is 0 Å². The molecule has 0 unspecified atom stereocenters. The molecule has 0 saturated carbocycles. The van der Waals surface area contributed by atoms with Crippen LogP contribution in [0.15, 0.2) is 46.9 Å². The van der Waals surface area contributed by atoms with E-state index in [1.54, 1.807) is 0 Å². The van der Waals surface area contributed by atoms with Gasteiger partial charge in [0, 0.05) is 13.5 Å². The molecule has 0 bridgehead atoms. The van der Waals surface area contributed by atoms with Crippen LogP contribution in [-0.2, 0) is 13.0 Å². The molecule has 0 atom stereocenters. The van der Waals surface area contributed by atoms with Gasteiger partial charge in [0.1, 0.15) is 5.52 Å². The SMILES string of the molecule is CNCc1ccc(Cc2ccc3oc(C)nc3c2)cc1. The van der Waals surface area contributed by atoms with Gasteiger partial charge in [-0.2, -0.15) is 0 Å². The second-order valence-electron chi connectivity index (χ2n) is 5.06. The number of nitrogens with zero attached hydrogens (tertiary/aromatic N) is 1. The second-order valence-corrected chi connectivity index (χ2v) is 5.06. The zero-order chi connectivity index (χ0) is 13.9. The van der Waals surface area contributed by atoms with Crippen LogP contribution in [0, 0.1) is 6.92 Å². The summed E-state index contributed by atoms with van der Waals surface area (Å²) < 4.78 is 5.50. The summed E-state index contributed by atoms with van der Waals surface area (Å²) in [7, 11) is 1.96. The molecule has 0 aliphatic rings. The molecule has 3 heteroatoms. The molecule has 0 aliphatic carbocycles. The lowest BCUT2D eigenvalue weighted by atomic mass is 10.0. The average molecular weight is 266 g/mol. The van der Waals surface area contributed by atoms with Gasteiger partial charge >= 0.3 is 0 Å². The van der Waals surface area contributed by atoms with Gasteiger partial charge in [-0.1, -0.05) is 30.3 Å². The number of rotatable bonds is 4. The van der Waals surface area contributed by atoms with Crippen molar-refractivity contribution in [2.45, 2.75) is 19.9 Å². The molecule has 102 valence electrons. The summed E-state index contributed by atoms with van der Waals surface area (Å²) in [5.74, 6) is 0.716. The van der Waals surface area contributed by atoms with Crippen LogP contribution in [0.5, 0.6) is 0 Å². The molecule has 20 heavy (non-hydrogen) atoms. The summed E-state index contributed by atoms with van der Waals surface area (Å²) in [6, 6.07) is 14.9. The number of benzene rings is 2. The third-order valence-corrected chi connectivity index (χ3v) is 3.37. The molecule has 1 N–H and O–H groups in total. The Morgan fingerprint density at radius 3 is 2.45 bits per heavy atom. The Bertz CT molecular complexity index is 713. The topological polar surface area (TPSA) is 38.1 Å². The summed E-state index contributed by atoms with van der Waals surface area (Å²) in [5, 5.41) is 3.16. The Hall–Kier alpha value is -2.13. The van der Waals surface area contributed by atoms with E-state index in [4.69, 9.17) is 4.42 Å². The van der Waals surface area contributed by atoms with Crippen molar-refractivity contribution in [1.29, 1.82) is 0 Å². The van der Waals surface area contributed by atoms with E-state index in [2.05, 4.69) is 46.7 Å². The lowest BCUT2D eigenvalue weighted by Gasteiger charge is -2.04. The summed E-state index contributed by atoms with van der Waals surface area (Å²) in [6.07, 6.45) is 0.918. The predicted molar refractivity (Wildman–Crippen MR) is 80.8 cm³/mol.